The number of methoxy groups -OCH3 is 2. The summed E-state index contributed by atoms with van der Waals surface area (Å²) in [6.07, 6.45) is 0.868. The molecule has 8 heteroatoms. The largest absolute Gasteiger partial charge is 0.497 e. The van der Waals surface area contributed by atoms with Gasteiger partial charge >= 0.3 is 0 Å². The number of aromatic nitrogens is 2. The van der Waals surface area contributed by atoms with Crippen LogP contribution in [0.2, 0.25) is 0 Å². The second-order valence-electron chi connectivity index (χ2n) is 7.50. The Hall–Kier alpha value is -3.39. The van der Waals surface area contributed by atoms with E-state index in [9.17, 15) is 9.59 Å². The van der Waals surface area contributed by atoms with Gasteiger partial charge in [-0.05, 0) is 19.9 Å². The van der Waals surface area contributed by atoms with Crippen molar-refractivity contribution >= 4 is 16.7 Å². The van der Waals surface area contributed by atoms with Crippen LogP contribution in [0, 0.1) is 0 Å². The fourth-order valence-electron chi connectivity index (χ4n) is 3.67. The third kappa shape index (κ3) is 5.08. The van der Waals surface area contributed by atoms with E-state index in [1.54, 1.807) is 42.5 Å². The Balaban J connectivity index is 1.98. The van der Waals surface area contributed by atoms with Crippen LogP contribution in [0.1, 0.15) is 30.8 Å². The average Bonchev–Trinajstić information content (AvgIpc) is 2.84. The number of benzene rings is 2. The van der Waals surface area contributed by atoms with Gasteiger partial charge < -0.3 is 19.7 Å². The molecule has 0 aliphatic carbocycles. The number of nitrogens with one attached hydrogen (secondary N) is 2. The van der Waals surface area contributed by atoms with Gasteiger partial charge in [0.05, 0.1) is 44.9 Å². The van der Waals surface area contributed by atoms with Crippen molar-refractivity contribution < 1.29 is 19.2 Å². The standard InChI is InChI=1S/C24H30N4O4/c1-5-27(6-2)13-9-12-25-23(29)22-20-10-7-8-11-21(20)24(30)28(26-22)17-14-18(31-3)16-19(15-17)32-4/h7-8,10-11,14-16H,5-6,9,12-13H2,1-4H3,(H,25,29)/p+1. The zero-order valence-corrected chi connectivity index (χ0v) is 19.1. The fraction of sp³-hybridized carbons (Fsp3) is 0.375. The van der Waals surface area contributed by atoms with E-state index in [0.717, 1.165) is 26.1 Å². The van der Waals surface area contributed by atoms with Crippen molar-refractivity contribution in [3.63, 3.8) is 0 Å². The molecule has 32 heavy (non-hydrogen) atoms. The van der Waals surface area contributed by atoms with E-state index < -0.39 is 0 Å². The van der Waals surface area contributed by atoms with Gasteiger partial charge in [-0.15, -0.1) is 0 Å². The van der Waals surface area contributed by atoms with Crippen LogP contribution in [0.25, 0.3) is 16.5 Å². The number of hydrogen-bond acceptors (Lipinski definition) is 5. The van der Waals surface area contributed by atoms with Crippen LogP contribution < -0.4 is 25.2 Å². The molecule has 0 aliphatic rings. The van der Waals surface area contributed by atoms with E-state index in [1.807, 2.05) is 0 Å². The monoisotopic (exact) mass is 439 g/mol. The molecule has 3 rings (SSSR count). The Bertz CT molecular complexity index is 1120. The lowest BCUT2D eigenvalue weighted by molar-refractivity contribution is -0.896. The highest BCUT2D eigenvalue weighted by Crippen LogP contribution is 2.24. The van der Waals surface area contributed by atoms with E-state index in [1.165, 1.54) is 23.8 Å². The first-order chi connectivity index (χ1) is 15.5. The van der Waals surface area contributed by atoms with Crippen LogP contribution >= 0.6 is 0 Å². The lowest BCUT2D eigenvalue weighted by Gasteiger charge is -2.15. The predicted molar refractivity (Wildman–Crippen MR) is 124 cm³/mol. The molecule has 3 aromatic rings. The van der Waals surface area contributed by atoms with Crippen molar-refractivity contribution in [1.29, 1.82) is 0 Å². The number of ether oxygens (including phenoxy) is 2. The third-order valence-electron chi connectivity index (χ3n) is 5.59. The topological polar surface area (TPSA) is 86.9 Å². The average molecular weight is 440 g/mol. The number of fused-ring (bicyclic) bond motifs is 1. The first kappa shape index (κ1) is 23.3. The van der Waals surface area contributed by atoms with E-state index in [2.05, 4.69) is 24.3 Å². The lowest BCUT2D eigenvalue weighted by atomic mass is 10.1. The summed E-state index contributed by atoms with van der Waals surface area (Å²) in [5, 5.41) is 8.34. The Morgan fingerprint density at radius 3 is 2.25 bits per heavy atom. The van der Waals surface area contributed by atoms with Crippen LogP contribution in [-0.2, 0) is 0 Å². The predicted octanol–water partition coefficient (Wildman–Crippen LogP) is 1.45. The molecule has 0 unspecified atom stereocenters. The highest BCUT2D eigenvalue weighted by Gasteiger charge is 2.18. The molecule has 2 aromatic carbocycles. The van der Waals surface area contributed by atoms with Gasteiger partial charge in [0.25, 0.3) is 11.5 Å². The number of hydrogen-bond donors (Lipinski definition) is 2. The maximum absolute atomic E-state index is 13.2. The number of carbonyl (C=O) groups is 1. The minimum Gasteiger partial charge on any atom is -0.497 e. The summed E-state index contributed by atoms with van der Waals surface area (Å²) in [7, 11) is 3.07. The van der Waals surface area contributed by atoms with E-state index >= 15 is 0 Å². The molecule has 2 N–H and O–H groups in total. The molecule has 0 saturated heterocycles. The summed E-state index contributed by atoms with van der Waals surface area (Å²) in [5.41, 5.74) is 0.339. The smallest absolute Gasteiger partial charge is 0.279 e. The summed E-state index contributed by atoms with van der Waals surface area (Å²) in [6, 6.07) is 12.1. The van der Waals surface area contributed by atoms with Gasteiger partial charge in [-0.2, -0.15) is 9.78 Å². The minimum absolute atomic E-state index is 0.206. The molecule has 0 spiro atoms. The summed E-state index contributed by atoms with van der Waals surface area (Å²) in [6.45, 7) is 7.97. The van der Waals surface area contributed by atoms with Crippen molar-refractivity contribution in [1.82, 2.24) is 15.1 Å². The SMILES string of the molecule is CC[NH+](CC)CCCNC(=O)c1nn(-c2cc(OC)cc(OC)c2)c(=O)c2ccccc12. The summed E-state index contributed by atoms with van der Waals surface area (Å²) < 4.78 is 11.9. The normalized spacial score (nSPS) is 11.0. The molecule has 1 heterocycles. The van der Waals surface area contributed by atoms with Crippen LogP contribution in [0.4, 0.5) is 0 Å². The first-order valence-electron chi connectivity index (χ1n) is 10.9. The molecule has 8 nitrogen and oxygen atoms in total. The fourth-order valence-corrected chi connectivity index (χ4v) is 3.67. The maximum Gasteiger partial charge on any atom is 0.279 e. The van der Waals surface area contributed by atoms with Crippen LogP contribution in [-0.4, -0.2) is 56.1 Å². The summed E-state index contributed by atoms with van der Waals surface area (Å²) in [4.78, 5) is 27.7. The van der Waals surface area contributed by atoms with Crippen molar-refractivity contribution in [2.75, 3.05) is 40.4 Å². The van der Waals surface area contributed by atoms with Crippen LogP contribution in [0.15, 0.2) is 47.3 Å². The van der Waals surface area contributed by atoms with E-state index in [4.69, 9.17) is 9.47 Å². The van der Waals surface area contributed by atoms with Crippen molar-refractivity contribution in [3.05, 3.63) is 58.5 Å². The van der Waals surface area contributed by atoms with E-state index in [0.29, 0.717) is 34.5 Å². The highest BCUT2D eigenvalue weighted by molar-refractivity contribution is 6.04. The van der Waals surface area contributed by atoms with Gasteiger partial charge in [0.1, 0.15) is 11.5 Å². The molecule has 1 aromatic heterocycles. The summed E-state index contributed by atoms with van der Waals surface area (Å²) in [5.74, 6) is 0.733. The zero-order chi connectivity index (χ0) is 23.1. The van der Waals surface area contributed by atoms with Crippen molar-refractivity contribution in [2.24, 2.45) is 0 Å². The molecule has 0 saturated carbocycles. The Labute approximate surface area is 187 Å². The van der Waals surface area contributed by atoms with Crippen LogP contribution in [0.3, 0.4) is 0 Å². The molecule has 0 aliphatic heterocycles. The van der Waals surface area contributed by atoms with Gasteiger partial charge in [-0.25, -0.2) is 0 Å². The number of carbonyl (C=O) groups excluding carboxylic acids is 1. The Morgan fingerprint density at radius 2 is 1.66 bits per heavy atom. The number of rotatable bonds is 10. The number of nitrogens with zero attached hydrogens (tertiary/aromatic N) is 2. The lowest BCUT2D eigenvalue weighted by Crippen LogP contribution is -3.11. The second-order valence-corrected chi connectivity index (χ2v) is 7.50. The molecular weight excluding hydrogens is 408 g/mol. The first-order valence-corrected chi connectivity index (χ1v) is 10.9. The molecule has 1 amide bonds. The third-order valence-corrected chi connectivity index (χ3v) is 5.59. The van der Waals surface area contributed by atoms with Crippen LogP contribution in [0.5, 0.6) is 11.5 Å². The van der Waals surface area contributed by atoms with Gasteiger partial charge in [0.15, 0.2) is 5.69 Å². The Morgan fingerprint density at radius 1 is 1.03 bits per heavy atom. The summed E-state index contributed by atoms with van der Waals surface area (Å²) >= 11 is 0. The molecule has 0 fully saturated rings. The van der Waals surface area contributed by atoms with Gasteiger partial charge in [0, 0.05) is 36.6 Å². The van der Waals surface area contributed by atoms with Gasteiger partial charge in [-0.3, -0.25) is 9.59 Å². The zero-order valence-electron chi connectivity index (χ0n) is 19.1. The highest BCUT2D eigenvalue weighted by atomic mass is 16.5. The van der Waals surface area contributed by atoms with Gasteiger partial charge in [0.2, 0.25) is 0 Å². The molecule has 170 valence electrons. The van der Waals surface area contributed by atoms with Gasteiger partial charge in [-0.1, -0.05) is 18.2 Å². The van der Waals surface area contributed by atoms with Crippen molar-refractivity contribution in [2.45, 2.75) is 20.3 Å². The molecule has 0 radical (unpaired) electrons. The Kier molecular flexibility index (Phi) is 7.83. The van der Waals surface area contributed by atoms with Crippen molar-refractivity contribution in [3.8, 4) is 17.2 Å². The quantitative estimate of drug-likeness (QED) is 0.467. The number of amides is 1. The molecule has 0 atom stereocenters. The minimum atomic E-state index is -0.322. The second kappa shape index (κ2) is 10.8. The molecular formula is C24H31N4O4+. The maximum atomic E-state index is 13.2. The molecule has 0 bridgehead atoms. The number of quaternary nitrogens is 1. The van der Waals surface area contributed by atoms with E-state index in [-0.39, 0.29) is 17.2 Å².